The first kappa shape index (κ1) is 19.2. The summed E-state index contributed by atoms with van der Waals surface area (Å²) >= 11 is 0. The lowest BCUT2D eigenvalue weighted by Crippen LogP contribution is -2.58. The predicted molar refractivity (Wildman–Crippen MR) is 97.3 cm³/mol. The van der Waals surface area contributed by atoms with Gasteiger partial charge in [0.1, 0.15) is 6.04 Å². The highest BCUT2D eigenvalue weighted by molar-refractivity contribution is 5.90. The van der Waals surface area contributed by atoms with Crippen molar-refractivity contribution in [1.82, 2.24) is 10.2 Å². The monoisotopic (exact) mass is 364 g/mol. The summed E-state index contributed by atoms with van der Waals surface area (Å²) in [7, 11) is 1.61. The van der Waals surface area contributed by atoms with E-state index in [1.54, 1.807) is 7.05 Å². The normalized spacial score (nSPS) is 33.2. The highest BCUT2D eigenvalue weighted by atomic mass is 16.4. The zero-order chi connectivity index (χ0) is 19.1. The third-order valence-electron chi connectivity index (χ3n) is 6.78. The largest absolute Gasteiger partial charge is 0.481 e. The molecule has 1 unspecified atom stereocenters. The molecular weight excluding hydrogens is 332 g/mol. The molecule has 4 fully saturated rings. The number of nitrogens with zero attached hydrogens (tertiary/aromatic N) is 1. The summed E-state index contributed by atoms with van der Waals surface area (Å²) in [6.07, 6.45) is 6.65. The van der Waals surface area contributed by atoms with Crippen molar-refractivity contribution in [2.45, 2.75) is 64.8 Å². The first-order valence-corrected chi connectivity index (χ1v) is 9.98. The van der Waals surface area contributed by atoms with Gasteiger partial charge in [0.05, 0.1) is 6.42 Å². The average molecular weight is 364 g/mol. The van der Waals surface area contributed by atoms with Gasteiger partial charge >= 0.3 is 5.97 Å². The molecule has 0 aromatic heterocycles. The Morgan fingerprint density at radius 2 is 1.58 bits per heavy atom. The Kier molecular flexibility index (Phi) is 5.31. The van der Waals surface area contributed by atoms with Crippen molar-refractivity contribution >= 4 is 17.8 Å². The van der Waals surface area contributed by atoms with Crippen molar-refractivity contribution in [3.63, 3.8) is 0 Å². The SMILES string of the molecule is CC(C)C(NC(=O)C12CC3CC(CC(C3)C1)C2)C(=O)N(C)CCC(=O)O. The van der Waals surface area contributed by atoms with Gasteiger partial charge in [-0.2, -0.15) is 0 Å². The van der Waals surface area contributed by atoms with E-state index < -0.39 is 12.0 Å². The minimum Gasteiger partial charge on any atom is -0.481 e. The van der Waals surface area contributed by atoms with Gasteiger partial charge in [-0.25, -0.2) is 0 Å². The van der Waals surface area contributed by atoms with E-state index in [0.717, 1.165) is 19.3 Å². The van der Waals surface area contributed by atoms with Crippen LogP contribution in [0.1, 0.15) is 58.8 Å². The maximum atomic E-state index is 13.2. The third kappa shape index (κ3) is 3.74. The molecule has 4 aliphatic carbocycles. The quantitative estimate of drug-likeness (QED) is 0.725. The van der Waals surface area contributed by atoms with Crippen molar-refractivity contribution in [2.75, 3.05) is 13.6 Å². The summed E-state index contributed by atoms with van der Waals surface area (Å²) in [6.45, 7) is 4.01. The molecule has 6 heteroatoms. The molecule has 0 aromatic rings. The molecule has 4 aliphatic rings. The van der Waals surface area contributed by atoms with E-state index in [9.17, 15) is 14.4 Å². The number of carboxylic acid groups (broad SMARTS) is 1. The zero-order valence-corrected chi connectivity index (χ0v) is 16.2. The molecule has 4 saturated carbocycles. The van der Waals surface area contributed by atoms with E-state index in [2.05, 4.69) is 5.32 Å². The van der Waals surface area contributed by atoms with E-state index in [-0.39, 0.29) is 36.1 Å². The fourth-order valence-electron chi connectivity index (χ4n) is 5.81. The zero-order valence-electron chi connectivity index (χ0n) is 16.2. The molecule has 0 heterocycles. The lowest BCUT2D eigenvalue weighted by atomic mass is 9.49. The van der Waals surface area contributed by atoms with Crippen molar-refractivity contribution in [1.29, 1.82) is 0 Å². The van der Waals surface area contributed by atoms with Crippen LogP contribution in [0.4, 0.5) is 0 Å². The molecule has 4 rings (SSSR count). The van der Waals surface area contributed by atoms with Crippen LogP contribution in [-0.2, 0) is 14.4 Å². The van der Waals surface area contributed by atoms with Crippen LogP contribution in [0.25, 0.3) is 0 Å². The van der Waals surface area contributed by atoms with Crippen LogP contribution in [-0.4, -0.2) is 47.4 Å². The fraction of sp³-hybridized carbons (Fsp3) is 0.850. The number of carbonyl (C=O) groups excluding carboxylic acids is 2. The first-order valence-electron chi connectivity index (χ1n) is 9.98. The molecule has 0 aliphatic heterocycles. The number of likely N-dealkylation sites (N-methyl/N-ethyl adjacent to an activating group) is 1. The van der Waals surface area contributed by atoms with Crippen LogP contribution in [0, 0.1) is 29.1 Å². The number of carbonyl (C=O) groups is 3. The Morgan fingerprint density at radius 1 is 1.08 bits per heavy atom. The highest BCUT2D eigenvalue weighted by Crippen LogP contribution is 2.60. The average Bonchev–Trinajstić information content (AvgIpc) is 2.55. The van der Waals surface area contributed by atoms with E-state index in [1.807, 2.05) is 13.8 Å². The standard InChI is InChI=1S/C20H32N2O4/c1-12(2)17(18(25)22(3)5-4-16(23)24)21-19(26)20-9-13-6-14(10-20)8-15(7-13)11-20/h12-15,17H,4-11H2,1-3H3,(H,21,26)(H,23,24). The van der Waals surface area contributed by atoms with Crippen molar-refractivity contribution in [3.05, 3.63) is 0 Å². The Balaban J connectivity index is 1.67. The minimum atomic E-state index is -0.927. The molecular formula is C20H32N2O4. The molecule has 0 aromatic carbocycles. The number of aliphatic carboxylic acids is 1. The molecule has 1 atom stereocenters. The molecule has 2 N–H and O–H groups in total. The maximum absolute atomic E-state index is 13.2. The second kappa shape index (κ2) is 7.20. The molecule has 6 nitrogen and oxygen atoms in total. The predicted octanol–water partition coefficient (Wildman–Crippen LogP) is 2.28. The van der Waals surface area contributed by atoms with Gasteiger partial charge in [0.25, 0.3) is 0 Å². The van der Waals surface area contributed by atoms with Crippen molar-refractivity contribution < 1.29 is 19.5 Å². The summed E-state index contributed by atoms with van der Waals surface area (Å²) in [5.41, 5.74) is -0.276. The van der Waals surface area contributed by atoms with E-state index in [4.69, 9.17) is 5.11 Å². The third-order valence-corrected chi connectivity index (χ3v) is 6.78. The van der Waals surface area contributed by atoms with Crippen LogP contribution in [0.3, 0.4) is 0 Å². The number of hydrogen-bond acceptors (Lipinski definition) is 3. The Morgan fingerprint density at radius 3 is 2.00 bits per heavy atom. The van der Waals surface area contributed by atoms with Gasteiger partial charge in [-0.1, -0.05) is 13.8 Å². The maximum Gasteiger partial charge on any atom is 0.305 e. The van der Waals surface area contributed by atoms with Crippen LogP contribution < -0.4 is 5.32 Å². The van der Waals surface area contributed by atoms with Crippen LogP contribution in [0.15, 0.2) is 0 Å². The summed E-state index contributed by atoms with van der Waals surface area (Å²) < 4.78 is 0. The van der Waals surface area contributed by atoms with Gasteiger partial charge in [0.2, 0.25) is 11.8 Å². The molecule has 0 radical (unpaired) electrons. The minimum absolute atomic E-state index is 0.0346. The number of hydrogen-bond donors (Lipinski definition) is 2. The van der Waals surface area contributed by atoms with Gasteiger partial charge in [0.15, 0.2) is 0 Å². The van der Waals surface area contributed by atoms with Crippen molar-refractivity contribution in [3.8, 4) is 0 Å². The smallest absolute Gasteiger partial charge is 0.305 e. The number of rotatable bonds is 7. The number of amides is 2. The lowest BCUT2D eigenvalue weighted by molar-refractivity contribution is -0.150. The van der Waals surface area contributed by atoms with Gasteiger partial charge in [-0.3, -0.25) is 14.4 Å². The highest BCUT2D eigenvalue weighted by Gasteiger charge is 2.55. The summed E-state index contributed by atoms with van der Waals surface area (Å²) in [6, 6.07) is -0.589. The Bertz CT molecular complexity index is 551. The second-order valence-corrected chi connectivity index (χ2v) is 9.30. The number of carboxylic acids is 1. The number of nitrogens with one attached hydrogen (secondary N) is 1. The molecule has 26 heavy (non-hydrogen) atoms. The topological polar surface area (TPSA) is 86.7 Å². The van der Waals surface area contributed by atoms with E-state index in [1.165, 1.54) is 24.2 Å². The second-order valence-electron chi connectivity index (χ2n) is 9.30. The van der Waals surface area contributed by atoms with Crippen LogP contribution >= 0.6 is 0 Å². The van der Waals surface area contributed by atoms with Gasteiger partial charge < -0.3 is 15.3 Å². The molecule has 2 amide bonds. The molecule has 146 valence electrons. The first-order chi connectivity index (χ1) is 12.2. The Hall–Kier alpha value is -1.59. The molecule has 0 saturated heterocycles. The lowest BCUT2D eigenvalue weighted by Gasteiger charge is -2.56. The molecule has 0 spiro atoms. The van der Waals surface area contributed by atoms with Gasteiger partial charge in [-0.05, 0) is 62.2 Å². The molecule has 4 bridgehead atoms. The van der Waals surface area contributed by atoms with Crippen LogP contribution in [0.5, 0.6) is 0 Å². The van der Waals surface area contributed by atoms with E-state index >= 15 is 0 Å². The van der Waals surface area contributed by atoms with Gasteiger partial charge in [0, 0.05) is 19.0 Å². The van der Waals surface area contributed by atoms with Gasteiger partial charge in [-0.15, -0.1) is 0 Å². The van der Waals surface area contributed by atoms with Crippen LogP contribution in [0.2, 0.25) is 0 Å². The van der Waals surface area contributed by atoms with Crippen molar-refractivity contribution in [2.24, 2.45) is 29.1 Å². The summed E-state index contributed by atoms with van der Waals surface area (Å²) in [4.78, 5) is 38.2. The van der Waals surface area contributed by atoms with E-state index in [0.29, 0.717) is 17.8 Å². The fourth-order valence-corrected chi connectivity index (χ4v) is 5.81. The Labute approximate surface area is 155 Å². The summed E-state index contributed by atoms with van der Waals surface area (Å²) in [5, 5.41) is 11.9. The summed E-state index contributed by atoms with van der Waals surface area (Å²) in [5.74, 6) is 0.931.